The molecule has 0 amide bonds. The summed E-state index contributed by atoms with van der Waals surface area (Å²) >= 11 is 0. The summed E-state index contributed by atoms with van der Waals surface area (Å²) in [7, 11) is -2.98. The predicted molar refractivity (Wildman–Crippen MR) is 51.4 cm³/mol. The summed E-state index contributed by atoms with van der Waals surface area (Å²) in [5.74, 6) is 0.0357. The molecule has 1 aliphatic rings. The van der Waals surface area contributed by atoms with E-state index < -0.39 is 15.4 Å². The van der Waals surface area contributed by atoms with E-state index in [1.165, 1.54) is 0 Å². The second kappa shape index (κ2) is 3.94. The molecule has 0 bridgehead atoms. The van der Waals surface area contributed by atoms with Crippen LogP contribution in [0.2, 0.25) is 0 Å². The van der Waals surface area contributed by atoms with E-state index in [-0.39, 0.29) is 11.5 Å². The fourth-order valence-electron chi connectivity index (χ4n) is 1.54. The Labute approximate surface area is 79.3 Å². The molecule has 0 saturated carbocycles. The Hall–Kier alpha value is -0.130. The van der Waals surface area contributed by atoms with Crippen molar-refractivity contribution in [1.82, 2.24) is 5.32 Å². The molecule has 1 rings (SSSR count). The van der Waals surface area contributed by atoms with Crippen molar-refractivity contribution in [3.63, 3.8) is 0 Å². The normalized spacial score (nSPS) is 32.2. The lowest BCUT2D eigenvalue weighted by atomic mass is 10.0. The highest BCUT2D eigenvalue weighted by Gasteiger charge is 2.39. The summed E-state index contributed by atoms with van der Waals surface area (Å²) in [6.45, 7) is 3.24. The van der Waals surface area contributed by atoms with Crippen LogP contribution in [0.5, 0.6) is 0 Å². The molecular formula is C8H17NO3S. The first kappa shape index (κ1) is 10.9. The fourth-order valence-corrected chi connectivity index (χ4v) is 3.44. The van der Waals surface area contributed by atoms with Crippen LogP contribution in [0.15, 0.2) is 0 Å². The van der Waals surface area contributed by atoms with Gasteiger partial charge in [0.05, 0.1) is 17.1 Å². The summed E-state index contributed by atoms with van der Waals surface area (Å²) in [6, 6.07) is 0. The summed E-state index contributed by atoms with van der Waals surface area (Å²) in [6.07, 6.45) is 1.36. The average Bonchev–Trinajstić information content (AvgIpc) is 2.27. The molecule has 1 aliphatic heterocycles. The molecule has 78 valence electrons. The average molecular weight is 207 g/mol. The predicted octanol–water partition coefficient (Wildman–Crippen LogP) is -0.464. The molecule has 0 aromatic rings. The molecule has 1 fully saturated rings. The fraction of sp³-hybridized carbons (Fsp3) is 1.00. The lowest BCUT2D eigenvalue weighted by Crippen LogP contribution is -2.41. The van der Waals surface area contributed by atoms with Crippen molar-refractivity contribution >= 4 is 9.84 Å². The third-order valence-electron chi connectivity index (χ3n) is 2.25. The van der Waals surface area contributed by atoms with E-state index in [2.05, 4.69) is 5.32 Å². The highest BCUT2D eigenvalue weighted by Crippen LogP contribution is 2.22. The van der Waals surface area contributed by atoms with E-state index in [0.717, 1.165) is 13.0 Å². The van der Waals surface area contributed by atoms with Gasteiger partial charge in [0.1, 0.15) is 0 Å². The largest absolute Gasteiger partial charge is 0.387 e. The van der Waals surface area contributed by atoms with Crippen LogP contribution in [-0.2, 0) is 9.84 Å². The van der Waals surface area contributed by atoms with Crippen molar-refractivity contribution in [1.29, 1.82) is 0 Å². The van der Waals surface area contributed by atoms with Crippen LogP contribution in [0.25, 0.3) is 0 Å². The molecule has 0 aromatic heterocycles. The summed E-state index contributed by atoms with van der Waals surface area (Å²) in [4.78, 5) is 0. The Morgan fingerprint density at radius 3 is 2.69 bits per heavy atom. The third kappa shape index (κ3) is 3.25. The Kier molecular flexibility index (Phi) is 3.32. The van der Waals surface area contributed by atoms with Gasteiger partial charge in [-0.15, -0.1) is 0 Å². The Balaban J connectivity index is 2.41. The lowest BCUT2D eigenvalue weighted by Gasteiger charge is -2.20. The summed E-state index contributed by atoms with van der Waals surface area (Å²) in [5.41, 5.74) is -1.02. The first-order chi connectivity index (χ1) is 5.97. The van der Waals surface area contributed by atoms with Gasteiger partial charge in [0.25, 0.3) is 0 Å². The molecule has 13 heavy (non-hydrogen) atoms. The van der Waals surface area contributed by atoms with E-state index in [1.54, 1.807) is 0 Å². The molecule has 0 aromatic carbocycles. The minimum absolute atomic E-state index is 0.0866. The molecule has 1 unspecified atom stereocenters. The highest BCUT2D eigenvalue weighted by molar-refractivity contribution is 7.91. The van der Waals surface area contributed by atoms with Crippen molar-refractivity contribution in [2.45, 2.75) is 25.4 Å². The standard InChI is InChI=1S/C8H17NO3S/c1-2-4-9-6-8(10)3-5-13(11,12)7-8/h9-10H,2-7H2,1H3. The molecule has 5 heteroatoms. The monoisotopic (exact) mass is 207 g/mol. The zero-order chi connectivity index (χ0) is 9.95. The van der Waals surface area contributed by atoms with Gasteiger partial charge in [-0.05, 0) is 19.4 Å². The van der Waals surface area contributed by atoms with E-state index in [0.29, 0.717) is 13.0 Å². The van der Waals surface area contributed by atoms with Crippen molar-refractivity contribution < 1.29 is 13.5 Å². The van der Waals surface area contributed by atoms with Gasteiger partial charge in [-0.1, -0.05) is 6.92 Å². The second-order valence-corrected chi connectivity index (χ2v) is 5.93. The van der Waals surface area contributed by atoms with E-state index >= 15 is 0 Å². The van der Waals surface area contributed by atoms with Crippen LogP contribution in [0.4, 0.5) is 0 Å². The van der Waals surface area contributed by atoms with Crippen molar-refractivity contribution in [2.75, 3.05) is 24.6 Å². The number of rotatable bonds is 4. The topological polar surface area (TPSA) is 66.4 Å². The Morgan fingerprint density at radius 1 is 1.54 bits per heavy atom. The minimum Gasteiger partial charge on any atom is -0.387 e. The number of sulfone groups is 1. The number of hydrogen-bond acceptors (Lipinski definition) is 4. The molecule has 1 saturated heterocycles. The van der Waals surface area contributed by atoms with E-state index in [1.807, 2.05) is 6.92 Å². The maximum absolute atomic E-state index is 11.1. The van der Waals surface area contributed by atoms with Gasteiger partial charge < -0.3 is 10.4 Å². The number of nitrogens with one attached hydrogen (secondary N) is 1. The third-order valence-corrected chi connectivity index (χ3v) is 4.05. The van der Waals surface area contributed by atoms with E-state index in [4.69, 9.17) is 0 Å². The second-order valence-electron chi connectivity index (χ2n) is 3.74. The molecule has 1 atom stereocenters. The van der Waals surface area contributed by atoms with Gasteiger partial charge in [0.2, 0.25) is 0 Å². The molecule has 0 aliphatic carbocycles. The smallest absolute Gasteiger partial charge is 0.153 e. The van der Waals surface area contributed by atoms with Gasteiger partial charge in [-0.3, -0.25) is 0 Å². The van der Waals surface area contributed by atoms with Gasteiger partial charge in [-0.25, -0.2) is 8.42 Å². The molecule has 0 spiro atoms. The quantitative estimate of drug-likeness (QED) is 0.612. The maximum Gasteiger partial charge on any atom is 0.153 e. The molecule has 0 radical (unpaired) electrons. The number of aliphatic hydroxyl groups is 1. The van der Waals surface area contributed by atoms with Crippen LogP contribution < -0.4 is 5.32 Å². The minimum atomic E-state index is -2.98. The van der Waals surface area contributed by atoms with Gasteiger partial charge in [0, 0.05) is 6.54 Å². The van der Waals surface area contributed by atoms with Gasteiger partial charge in [0.15, 0.2) is 9.84 Å². The molecular weight excluding hydrogens is 190 g/mol. The molecule has 1 heterocycles. The zero-order valence-corrected chi connectivity index (χ0v) is 8.73. The Bertz CT molecular complexity index is 263. The van der Waals surface area contributed by atoms with Crippen LogP contribution >= 0.6 is 0 Å². The molecule has 4 nitrogen and oxygen atoms in total. The first-order valence-electron chi connectivity index (χ1n) is 4.61. The summed E-state index contributed by atoms with van der Waals surface area (Å²) in [5, 5.41) is 12.9. The SMILES string of the molecule is CCCNCC1(O)CCS(=O)(=O)C1. The first-order valence-corrected chi connectivity index (χ1v) is 6.43. The lowest BCUT2D eigenvalue weighted by molar-refractivity contribution is 0.0675. The maximum atomic E-state index is 11.1. The van der Waals surface area contributed by atoms with E-state index in [9.17, 15) is 13.5 Å². The van der Waals surface area contributed by atoms with Gasteiger partial charge in [-0.2, -0.15) is 0 Å². The highest BCUT2D eigenvalue weighted by atomic mass is 32.2. The van der Waals surface area contributed by atoms with Crippen LogP contribution in [0.1, 0.15) is 19.8 Å². The van der Waals surface area contributed by atoms with Crippen LogP contribution in [0, 0.1) is 0 Å². The van der Waals surface area contributed by atoms with Crippen LogP contribution in [-0.4, -0.2) is 43.7 Å². The zero-order valence-electron chi connectivity index (χ0n) is 7.91. The van der Waals surface area contributed by atoms with Crippen molar-refractivity contribution in [2.24, 2.45) is 0 Å². The molecule has 2 N–H and O–H groups in total. The van der Waals surface area contributed by atoms with Crippen molar-refractivity contribution in [3.05, 3.63) is 0 Å². The van der Waals surface area contributed by atoms with Gasteiger partial charge >= 0.3 is 0 Å². The summed E-state index contributed by atoms with van der Waals surface area (Å²) < 4.78 is 22.2. The van der Waals surface area contributed by atoms with Crippen molar-refractivity contribution in [3.8, 4) is 0 Å². The Morgan fingerprint density at radius 2 is 2.23 bits per heavy atom. The number of hydrogen-bond donors (Lipinski definition) is 2. The van der Waals surface area contributed by atoms with Crippen LogP contribution in [0.3, 0.4) is 0 Å².